The molecule has 2 aliphatic rings. The fourth-order valence-electron chi connectivity index (χ4n) is 3.28. The number of benzene rings is 1. The Kier molecular flexibility index (Phi) is 1.66. The van der Waals surface area contributed by atoms with Gasteiger partial charge in [0, 0.05) is 22.1 Å². The van der Waals surface area contributed by atoms with Crippen molar-refractivity contribution in [1.82, 2.24) is 0 Å². The normalized spacial score (nSPS) is 23.7. The van der Waals surface area contributed by atoms with Crippen molar-refractivity contribution in [3.63, 3.8) is 0 Å². The number of carbonyl (C=O) groups excluding carboxylic acids is 1. The largest absolute Gasteiger partial charge is 0.460 e. The van der Waals surface area contributed by atoms with E-state index >= 15 is 0 Å². The fraction of sp³-hybridized carbons (Fsp3) is 0.188. The molecule has 1 aromatic heterocycles. The standard InChI is InChI=1S/C16H12O2/c1-16-8-4-5-10-9-18-15(13(10)16)14(17)11-6-2-3-7-12(11)16/h2-7,9H,8H2,1H3/t16-/m1/s1. The SMILES string of the molecule is C[C@]12CC=Cc3coc(c31)C(=O)c1ccccc12. The van der Waals surface area contributed by atoms with Crippen LogP contribution in [0.2, 0.25) is 0 Å². The van der Waals surface area contributed by atoms with Gasteiger partial charge < -0.3 is 4.42 Å². The van der Waals surface area contributed by atoms with Crippen LogP contribution in [-0.4, -0.2) is 5.78 Å². The number of allylic oxidation sites excluding steroid dienone is 1. The van der Waals surface area contributed by atoms with Crippen molar-refractivity contribution >= 4 is 11.9 Å². The summed E-state index contributed by atoms with van der Waals surface area (Å²) in [6, 6.07) is 7.87. The van der Waals surface area contributed by atoms with E-state index in [4.69, 9.17) is 4.42 Å². The minimum atomic E-state index is -0.128. The Labute approximate surface area is 105 Å². The molecule has 0 aliphatic heterocycles. The average Bonchev–Trinajstić information content (AvgIpc) is 2.83. The van der Waals surface area contributed by atoms with Crippen LogP contribution in [0.5, 0.6) is 0 Å². The lowest BCUT2D eigenvalue weighted by atomic mass is 9.65. The van der Waals surface area contributed by atoms with Gasteiger partial charge in [0.15, 0.2) is 5.76 Å². The molecule has 0 saturated heterocycles. The first-order valence-electron chi connectivity index (χ1n) is 6.14. The number of ketones is 1. The van der Waals surface area contributed by atoms with E-state index in [2.05, 4.69) is 19.1 Å². The Morgan fingerprint density at radius 3 is 3.00 bits per heavy atom. The molecular weight excluding hydrogens is 224 g/mol. The van der Waals surface area contributed by atoms with Crippen LogP contribution in [-0.2, 0) is 5.41 Å². The summed E-state index contributed by atoms with van der Waals surface area (Å²) in [6.07, 6.45) is 6.82. The van der Waals surface area contributed by atoms with Gasteiger partial charge in [0.2, 0.25) is 5.78 Å². The van der Waals surface area contributed by atoms with Gasteiger partial charge in [0.1, 0.15) is 0 Å². The second-order valence-corrected chi connectivity index (χ2v) is 5.21. The molecule has 1 aromatic carbocycles. The Hall–Kier alpha value is -2.09. The zero-order chi connectivity index (χ0) is 12.3. The molecule has 0 radical (unpaired) electrons. The number of furan rings is 1. The first-order valence-corrected chi connectivity index (χ1v) is 6.14. The molecule has 2 aliphatic carbocycles. The molecule has 0 N–H and O–H groups in total. The number of hydrogen-bond acceptors (Lipinski definition) is 2. The van der Waals surface area contributed by atoms with E-state index in [-0.39, 0.29) is 11.2 Å². The van der Waals surface area contributed by atoms with E-state index in [1.807, 2.05) is 24.3 Å². The van der Waals surface area contributed by atoms with Crippen molar-refractivity contribution in [2.24, 2.45) is 0 Å². The molecule has 1 heterocycles. The maximum atomic E-state index is 12.4. The second kappa shape index (κ2) is 3.02. The van der Waals surface area contributed by atoms with Crippen LogP contribution in [0, 0.1) is 0 Å². The molecule has 0 spiro atoms. The van der Waals surface area contributed by atoms with E-state index in [1.54, 1.807) is 6.26 Å². The quantitative estimate of drug-likeness (QED) is 0.700. The summed E-state index contributed by atoms with van der Waals surface area (Å²) in [5.41, 5.74) is 3.88. The van der Waals surface area contributed by atoms with Crippen LogP contribution < -0.4 is 0 Å². The van der Waals surface area contributed by atoms with Gasteiger partial charge in [-0.25, -0.2) is 0 Å². The molecule has 2 heteroatoms. The van der Waals surface area contributed by atoms with Gasteiger partial charge in [-0.15, -0.1) is 0 Å². The van der Waals surface area contributed by atoms with E-state index in [1.165, 1.54) is 0 Å². The third kappa shape index (κ3) is 0.969. The molecule has 4 rings (SSSR count). The first-order chi connectivity index (χ1) is 8.72. The number of rotatable bonds is 0. The molecule has 0 amide bonds. The Morgan fingerprint density at radius 2 is 2.11 bits per heavy atom. The molecule has 2 nitrogen and oxygen atoms in total. The summed E-state index contributed by atoms with van der Waals surface area (Å²) in [7, 11) is 0. The molecule has 0 saturated carbocycles. The predicted octanol–water partition coefficient (Wildman–Crippen LogP) is 3.55. The number of carbonyl (C=O) groups is 1. The van der Waals surface area contributed by atoms with Gasteiger partial charge >= 0.3 is 0 Å². The topological polar surface area (TPSA) is 30.2 Å². The molecule has 1 atom stereocenters. The molecule has 0 bridgehead atoms. The summed E-state index contributed by atoms with van der Waals surface area (Å²) in [4.78, 5) is 12.4. The molecule has 2 aromatic rings. The summed E-state index contributed by atoms with van der Waals surface area (Å²) in [5.74, 6) is 0.537. The highest BCUT2D eigenvalue weighted by Gasteiger charge is 2.44. The monoisotopic (exact) mass is 236 g/mol. The lowest BCUT2D eigenvalue weighted by Crippen LogP contribution is -2.33. The van der Waals surface area contributed by atoms with Gasteiger partial charge in [-0.05, 0) is 12.0 Å². The van der Waals surface area contributed by atoms with E-state index in [9.17, 15) is 4.79 Å². The zero-order valence-corrected chi connectivity index (χ0v) is 10.1. The summed E-state index contributed by atoms with van der Waals surface area (Å²) in [5, 5.41) is 0. The Morgan fingerprint density at radius 1 is 1.28 bits per heavy atom. The minimum absolute atomic E-state index is 0.0135. The van der Waals surface area contributed by atoms with Gasteiger partial charge in [-0.2, -0.15) is 0 Å². The predicted molar refractivity (Wildman–Crippen MR) is 68.7 cm³/mol. The summed E-state index contributed by atoms with van der Waals surface area (Å²) >= 11 is 0. The van der Waals surface area contributed by atoms with Crippen molar-refractivity contribution in [3.05, 3.63) is 64.6 Å². The van der Waals surface area contributed by atoms with E-state index in [0.29, 0.717) is 5.76 Å². The number of fused-ring (bicyclic) bond motifs is 2. The molecule has 88 valence electrons. The lowest BCUT2D eigenvalue weighted by molar-refractivity contribution is 0.0999. The van der Waals surface area contributed by atoms with Gasteiger partial charge in [-0.1, -0.05) is 43.3 Å². The first kappa shape index (κ1) is 9.89. The highest BCUT2D eigenvalue weighted by atomic mass is 16.3. The van der Waals surface area contributed by atoms with Crippen LogP contribution in [0.15, 0.2) is 41.0 Å². The maximum Gasteiger partial charge on any atom is 0.228 e. The van der Waals surface area contributed by atoms with Crippen molar-refractivity contribution in [2.75, 3.05) is 0 Å². The van der Waals surface area contributed by atoms with Crippen LogP contribution in [0.3, 0.4) is 0 Å². The van der Waals surface area contributed by atoms with Crippen LogP contribution >= 0.6 is 0 Å². The molecular formula is C16H12O2. The molecule has 0 fully saturated rings. The summed E-state index contributed by atoms with van der Waals surface area (Å²) < 4.78 is 5.52. The minimum Gasteiger partial charge on any atom is -0.460 e. The molecule has 18 heavy (non-hydrogen) atoms. The number of hydrogen-bond donors (Lipinski definition) is 0. The Balaban J connectivity index is 2.15. The van der Waals surface area contributed by atoms with Crippen molar-refractivity contribution < 1.29 is 9.21 Å². The summed E-state index contributed by atoms with van der Waals surface area (Å²) in [6.45, 7) is 2.19. The van der Waals surface area contributed by atoms with Gasteiger partial charge in [0.05, 0.1) is 6.26 Å². The highest BCUT2D eigenvalue weighted by Crippen LogP contribution is 2.48. The fourth-order valence-corrected chi connectivity index (χ4v) is 3.28. The zero-order valence-electron chi connectivity index (χ0n) is 10.1. The van der Waals surface area contributed by atoms with Crippen LogP contribution in [0.25, 0.3) is 6.08 Å². The third-order valence-electron chi connectivity index (χ3n) is 4.17. The highest BCUT2D eigenvalue weighted by molar-refractivity contribution is 6.12. The van der Waals surface area contributed by atoms with Crippen molar-refractivity contribution in [1.29, 1.82) is 0 Å². The smallest absolute Gasteiger partial charge is 0.228 e. The van der Waals surface area contributed by atoms with Crippen molar-refractivity contribution in [3.8, 4) is 0 Å². The second-order valence-electron chi connectivity index (χ2n) is 5.21. The van der Waals surface area contributed by atoms with Crippen LogP contribution in [0.1, 0.15) is 46.2 Å². The maximum absolute atomic E-state index is 12.4. The van der Waals surface area contributed by atoms with E-state index < -0.39 is 0 Å². The van der Waals surface area contributed by atoms with Crippen LogP contribution in [0.4, 0.5) is 0 Å². The lowest BCUT2D eigenvalue weighted by Gasteiger charge is -2.36. The molecule has 0 unspecified atom stereocenters. The average molecular weight is 236 g/mol. The van der Waals surface area contributed by atoms with E-state index in [0.717, 1.165) is 28.7 Å². The van der Waals surface area contributed by atoms with Gasteiger partial charge in [0.25, 0.3) is 0 Å². The van der Waals surface area contributed by atoms with Gasteiger partial charge in [-0.3, -0.25) is 4.79 Å². The Bertz CT molecular complexity index is 706. The van der Waals surface area contributed by atoms with Crippen molar-refractivity contribution in [2.45, 2.75) is 18.8 Å². The third-order valence-corrected chi connectivity index (χ3v) is 4.17.